The molecule has 0 radical (unpaired) electrons. The molecular weight excluding hydrogens is 304 g/mol. The third-order valence-electron chi connectivity index (χ3n) is 5.64. The van der Waals surface area contributed by atoms with Crippen LogP contribution in [0.15, 0.2) is 39.5 Å². The number of carbonyl (C=O) groups excluding carboxylic acids is 1. The summed E-state index contributed by atoms with van der Waals surface area (Å²) in [7, 11) is 1.38. The second-order valence-corrected chi connectivity index (χ2v) is 6.76. The number of hydrogen-bond donors (Lipinski definition) is 0. The molecule has 2 atom stereocenters. The quantitative estimate of drug-likeness (QED) is 0.385. The smallest absolute Gasteiger partial charge is 0.344 e. The lowest BCUT2D eigenvalue weighted by molar-refractivity contribution is 0.0599. The normalized spacial score (nSPS) is 21.4. The molecule has 4 heteroatoms. The Kier molecular flexibility index (Phi) is 2.70. The van der Waals surface area contributed by atoms with E-state index in [9.17, 15) is 9.59 Å². The van der Waals surface area contributed by atoms with Gasteiger partial charge in [0.25, 0.3) is 0 Å². The lowest BCUT2D eigenvalue weighted by Crippen LogP contribution is -2.13. The van der Waals surface area contributed by atoms with Crippen LogP contribution in [0.1, 0.15) is 52.6 Å². The van der Waals surface area contributed by atoms with Crippen molar-refractivity contribution in [2.24, 2.45) is 0 Å². The maximum Gasteiger partial charge on any atom is 0.344 e. The van der Waals surface area contributed by atoms with Crippen molar-refractivity contribution >= 4 is 27.7 Å². The predicted molar refractivity (Wildman–Crippen MR) is 90.7 cm³/mol. The summed E-state index contributed by atoms with van der Waals surface area (Å²) in [5, 5.41) is 2.41. The highest BCUT2D eigenvalue weighted by molar-refractivity contribution is 6.10. The van der Waals surface area contributed by atoms with Crippen molar-refractivity contribution in [1.82, 2.24) is 0 Å². The van der Waals surface area contributed by atoms with E-state index < -0.39 is 0 Å². The van der Waals surface area contributed by atoms with Crippen LogP contribution in [-0.2, 0) is 4.74 Å². The minimum absolute atomic E-state index is 0.367. The van der Waals surface area contributed by atoms with Crippen molar-refractivity contribution in [3.8, 4) is 0 Å². The summed E-state index contributed by atoms with van der Waals surface area (Å²) < 4.78 is 10.4. The summed E-state index contributed by atoms with van der Waals surface area (Å²) in [5.41, 5.74) is 3.02. The van der Waals surface area contributed by atoms with Gasteiger partial charge in [-0.2, -0.15) is 0 Å². The zero-order chi connectivity index (χ0) is 16.4. The van der Waals surface area contributed by atoms with Crippen molar-refractivity contribution < 1.29 is 13.9 Å². The van der Waals surface area contributed by atoms with Crippen LogP contribution < -0.4 is 5.63 Å². The van der Waals surface area contributed by atoms with Gasteiger partial charge >= 0.3 is 11.6 Å². The van der Waals surface area contributed by atoms with Crippen LogP contribution in [0.4, 0.5) is 0 Å². The summed E-state index contributed by atoms with van der Waals surface area (Å²) in [5.74, 6) is 0.449. The van der Waals surface area contributed by atoms with Gasteiger partial charge in [0.15, 0.2) is 0 Å². The average molecular weight is 320 g/mol. The Morgan fingerprint density at radius 1 is 1.12 bits per heavy atom. The summed E-state index contributed by atoms with van der Waals surface area (Å²) in [6.07, 6.45) is 3.28. The molecule has 3 aromatic rings. The Balaban J connectivity index is 2.03. The van der Waals surface area contributed by atoms with Crippen LogP contribution >= 0.6 is 0 Å². The molecule has 1 heterocycles. The molecule has 0 aliphatic heterocycles. The van der Waals surface area contributed by atoms with E-state index in [2.05, 4.69) is 0 Å². The molecular formula is C20H16O4. The van der Waals surface area contributed by atoms with Crippen molar-refractivity contribution in [2.45, 2.75) is 31.1 Å². The standard InChI is InChI=1S/C20H16O4/c1-23-19(21)13-9-14-18(17-11-7-6-10(8-11)16(13)17)12-4-2-3-5-15(12)24-20(14)22/h2-5,9-11H,6-8H2,1H3/t10-,11+/m1/s1. The first-order valence-corrected chi connectivity index (χ1v) is 8.29. The van der Waals surface area contributed by atoms with Crippen LogP contribution in [0.5, 0.6) is 0 Å². The highest BCUT2D eigenvalue weighted by Gasteiger charge is 2.41. The molecule has 5 rings (SSSR count). The number of methoxy groups -OCH3 is 1. The van der Waals surface area contributed by atoms with Gasteiger partial charge in [0, 0.05) is 10.8 Å². The molecule has 0 spiro atoms. The predicted octanol–water partition coefficient (Wildman–Crippen LogP) is 4.10. The van der Waals surface area contributed by atoms with E-state index in [1.807, 2.05) is 24.3 Å². The highest BCUT2D eigenvalue weighted by atomic mass is 16.5. The lowest BCUT2D eigenvalue weighted by Gasteiger charge is -2.21. The molecule has 120 valence electrons. The molecule has 2 bridgehead atoms. The fraction of sp³-hybridized carbons (Fsp3) is 0.300. The van der Waals surface area contributed by atoms with Gasteiger partial charge < -0.3 is 9.15 Å². The number of fused-ring (bicyclic) bond motifs is 9. The molecule has 24 heavy (non-hydrogen) atoms. The first kappa shape index (κ1) is 13.8. The van der Waals surface area contributed by atoms with Crippen molar-refractivity contribution in [1.29, 1.82) is 0 Å². The molecule has 0 unspecified atom stereocenters. The number of carbonyl (C=O) groups is 1. The first-order chi connectivity index (χ1) is 11.7. The largest absolute Gasteiger partial charge is 0.465 e. The van der Waals surface area contributed by atoms with Gasteiger partial charge in [-0.3, -0.25) is 0 Å². The maximum absolute atomic E-state index is 12.5. The van der Waals surface area contributed by atoms with Crippen LogP contribution in [0, 0.1) is 0 Å². The molecule has 2 aromatic carbocycles. The van der Waals surface area contributed by atoms with E-state index in [-0.39, 0.29) is 11.6 Å². The molecule has 4 nitrogen and oxygen atoms in total. The molecule has 1 fully saturated rings. The number of hydrogen-bond acceptors (Lipinski definition) is 4. The van der Waals surface area contributed by atoms with E-state index in [4.69, 9.17) is 9.15 Å². The van der Waals surface area contributed by atoms with Gasteiger partial charge in [0.2, 0.25) is 0 Å². The number of ether oxygens (including phenoxy) is 1. The van der Waals surface area contributed by atoms with Gasteiger partial charge in [-0.25, -0.2) is 9.59 Å². The number of rotatable bonds is 1. The summed E-state index contributed by atoms with van der Waals surface area (Å²) >= 11 is 0. The number of esters is 1. The highest BCUT2D eigenvalue weighted by Crippen LogP contribution is 2.56. The Bertz CT molecular complexity index is 1080. The fourth-order valence-electron chi connectivity index (χ4n) is 4.74. The van der Waals surface area contributed by atoms with E-state index >= 15 is 0 Å². The zero-order valence-electron chi connectivity index (χ0n) is 13.3. The van der Waals surface area contributed by atoms with E-state index in [1.165, 1.54) is 12.7 Å². The molecule has 0 N–H and O–H groups in total. The topological polar surface area (TPSA) is 56.5 Å². The average Bonchev–Trinajstić information content (AvgIpc) is 3.22. The van der Waals surface area contributed by atoms with Gasteiger partial charge in [-0.05, 0) is 54.4 Å². The maximum atomic E-state index is 12.5. The van der Waals surface area contributed by atoms with Crippen molar-refractivity contribution in [3.63, 3.8) is 0 Å². The second-order valence-electron chi connectivity index (χ2n) is 6.76. The van der Waals surface area contributed by atoms with Gasteiger partial charge in [0.1, 0.15) is 5.58 Å². The molecule has 1 saturated carbocycles. The Morgan fingerprint density at radius 2 is 1.88 bits per heavy atom. The lowest BCUT2D eigenvalue weighted by atomic mass is 9.84. The number of para-hydroxylation sites is 1. The molecule has 0 saturated heterocycles. The summed E-state index contributed by atoms with van der Waals surface area (Å²) in [6, 6.07) is 9.32. The van der Waals surface area contributed by atoms with Crippen LogP contribution in [0.2, 0.25) is 0 Å². The minimum Gasteiger partial charge on any atom is -0.465 e. The van der Waals surface area contributed by atoms with Crippen LogP contribution in [0.25, 0.3) is 21.7 Å². The van der Waals surface area contributed by atoms with E-state index in [1.54, 1.807) is 6.07 Å². The fourth-order valence-corrected chi connectivity index (χ4v) is 4.74. The van der Waals surface area contributed by atoms with Crippen molar-refractivity contribution in [2.75, 3.05) is 7.11 Å². The molecule has 1 aromatic heterocycles. The van der Waals surface area contributed by atoms with E-state index in [0.717, 1.165) is 35.6 Å². The zero-order valence-corrected chi connectivity index (χ0v) is 13.3. The SMILES string of the molecule is COC(=O)c1cc2c(=O)oc3ccccc3c2c2c1[C@@H]1CC[C@H]2C1. The minimum atomic E-state index is -0.389. The Labute approximate surface area is 138 Å². The molecule has 2 aliphatic rings. The van der Waals surface area contributed by atoms with Gasteiger partial charge in [-0.15, -0.1) is 0 Å². The third kappa shape index (κ3) is 1.63. The molecule has 0 amide bonds. The second kappa shape index (κ2) is 4.69. The van der Waals surface area contributed by atoms with Crippen molar-refractivity contribution in [3.05, 3.63) is 57.4 Å². The Hall–Kier alpha value is -2.62. The third-order valence-corrected chi connectivity index (χ3v) is 5.64. The van der Waals surface area contributed by atoms with Gasteiger partial charge in [0.05, 0.1) is 18.1 Å². The van der Waals surface area contributed by atoms with Crippen LogP contribution in [0.3, 0.4) is 0 Å². The first-order valence-electron chi connectivity index (χ1n) is 8.29. The number of benzene rings is 2. The summed E-state index contributed by atoms with van der Waals surface area (Å²) in [6.45, 7) is 0. The van der Waals surface area contributed by atoms with E-state index in [0.29, 0.717) is 28.4 Å². The van der Waals surface area contributed by atoms with Crippen LogP contribution in [-0.4, -0.2) is 13.1 Å². The molecule has 2 aliphatic carbocycles. The summed E-state index contributed by atoms with van der Waals surface area (Å²) in [4.78, 5) is 24.9. The Morgan fingerprint density at radius 3 is 2.67 bits per heavy atom. The monoisotopic (exact) mass is 320 g/mol. The van der Waals surface area contributed by atoms with Gasteiger partial charge in [-0.1, -0.05) is 18.2 Å².